The van der Waals surface area contributed by atoms with Crippen LogP contribution >= 0.6 is 0 Å². The normalized spacial score (nSPS) is 10.5. The number of rotatable bonds is 8. The maximum Gasteiger partial charge on any atom is 0.430 e. The van der Waals surface area contributed by atoms with Gasteiger partial charge in [0.1, 0.15) is 30.0 Å². The summed E-state index contributed by atoms with van der Waals surface area (Å²) in [5.41, 5.74) is -7.17. The van der Waals surface area contributed by atoms with Gasteiger partial charge < -0.3 is 33.3 Å². The molecule has 4 aromatic carbocycles. The summed E-state index contributed by atoms with van der Waals surface area (Å²) in [5.74, 6) is -9.00. The van der Waals surface area contributed by atoms with Crippen molar-refractivity contribution in [1.82, 2.24) is 0 Å². The zero-order valence-electron chi connectivity index (χ0n) is 28.3. The molecule has 0 bridgehead atoms. The van der Waals surface area contributed by atoms with Crippen molar-refractivity contribution in [2.75, 3.05) is 14.2 Å². The van der Waals surface area contributed by atoms with Gasteiger partial charge in [0.15, 0.2) is 21.6 Å². The molecule has 0 unspecified atom stereocenters. The number of halogens is 9. The standard InChI is InChI=1S/2C15H8F4N3O5.BFO2/c2*1-26-14(23)8-6-7(2-5-11(8)22(24)25)27-13-10(21-20)4-3-9(12(13)16)15(17,18)19;2-1(3)4/h2*2-6H,1H3;/q2*+1;-2. The molecule has 0 aliphatic rings. The number of carbonyl (C=O) groups is 2. The number of alkyl halides is 6. The molecule has 0 spiro atoms. The third-order valence-corrected chi connectivity index (χ3v) is 6.56. The van der Waals surface area contributed by atoms with Gasteiger partial charge in [-0.25, -0.2) is 18.4 Å². The number of carbonyl (C=O) groups excluding carboxylic acids is 2. The fourth-order valence-corrected chi connectivity index (χ4v) is 4.14. The Hall–Kier alpha value is -7.59. The van der Waals surface area contributed by atoms with Crippen LogP contribution < -0.4 is 19.5 Å². The van der Waals surface area contributed by atoms with Crippen LogP contribution in [0.2, 0.25) is 0 Å². The Labute approximate surface area is 315 Å². The number of nitro groups is 2. The minimum Gasteiger partial charge on any atom is -0.867 e. The summed E-state index contributed by atoms with van der Waals surface area (Å²) in [6.45, 7) is 0. The van der Waals surface area contributed by atoms with E-state index in [0.29, 0.717) is 24.3 Å². The first-order chi connectivity index (χ1) is 26.9. The highest BCUT2D eigenvalue weighted by atomic mass is 19.4. The fourth-order valence-electron chi connectivity index (χ4n) is 4.14. The molecule has 0 fully saturated rings. The molecule has 18 nitrogen and oxygen atoms in total. The first kappa shape index (κ1) is 46.6. The summed E-state index contributed by atoms with van der Waals surface area (Å²) in [6, 6.07) is 7.08. The Morgan fingerprint density at radius 3 is 1.21 bits per heavy atom. The monoisotopic (exact) mass is 834 g/mol. The van der Waals surface area contributed by atoms with Crippen LogP contribution in [0.25, 0.3) is 9.95 Å². The maximum absolute atomic E-state index is 14.2. The van der Waals surface area contributed by atoms with E-state index in [0.717, 1.165) is 50.6 Å². The summed E-state index contributed by atoms with van der Waals surface area (Å²) in [6.07, 6.45) is -10.1. The van der Waals surface area contributed by atoms with E-state index in [-0.39, 0.29) is 0 Å². The summed E-state index contributed by atoms with van der Waals surface area (Å²) in [7, 11) is -1.26. The number of hydrogen-bond donors (Lipinski definition) is 0. The van der Waals surface area contributed by atoms with Gasteiger partial charge in [-0.05, 0) is 24.3 Å². The predicted molar refractivity (Wildman–Crippen MR) is 168 cm³/mol. The largest absolute Gasteiger partial charge is 0.867 e. The number of esters is 2. The van der Waals surface area contributed by atoms with Crippen LogP contribution in [0.4, 0.5) is 62.2 Å². The molecule has 0 saturated carbocycles. The SMILES string of the molecule is COC(=O)c1cc(Oc2c([N+]#N)ccc(C(F)(F)F)c2F)ccc1[N+](=O)[O-].COC(=O)c1cc(Oc2c([N+]#N)ccc(C(F)(F)F)c2F)ccc1[N+](=O)[O-].[O-]B([O-])F. The van der Waals surface area contributed by atoms with Crippen molar-refractivity contribution >= 4 is 42.1 Å². The number of nitrogens with zero attached hydrogens (tertiary/aromatic N) is 6. The summed E-state index contributed by atoms with van der Waals surface area (Å²) in [4.78, 5) is 48.7. The smallest absolute Gasteiger partial charge is 0.430 e. The number of nitro benzene ring substituents is 2. The molecule has 4 rings (SSSR count). The Kier molecular flexibility index (Phi) is 15.5. The maximum atomic E-state index is 14.2. The molecular formula is C30H16BF9N6O12. The molecule has 28 heteroatoms. The molecule has 0 saturated heterocycles. The zero-order chi connectivity index (χ0) is 44.3. The minimum absolute atomic E-state index is 0.354. The summed E-state index contributed by atoms with van der Waals surface area (Å²) < 4.78 is 134. The van der Waals surface area contributed by atoms with Crippen LogP contribution in [-0.4, -0.2) is 43.4 Å². The summed E-state index contributed by atoms with van der Waals surface area (Å²) >= 11 is 0. The van der Waals surface area contributed by atoms with Crippen molar-refractivity contribution in [3.05, 3.63) is 125 Å². The van der Waals surface area contributed by atoms with Crippen molar-refractivity contribution in [2.24, 2.45) is 0 Å². The Morgan fingerprint density at radius 1 is 0.655 bits per heavy atom. The van der Waals surface area contributed by atoms with Gasteiger partial charge >= 0.3 is 35.7 Å². The first-order valence-electron chi connectivity index (χ1n) is 14.5. The highest BCUT2D eigenvalue weighted by molar-refractivity contribution is 6.27. The molecule has 0 aromatic heterocycles. The van der Waals surface area contributed by atoms with Crippen molar-refractivity contribution in [2.45, 2.75) is 12.4 Å². The second-order valence-corrected chi connectivity index (χ2v) is 10.1. The lowest BCUT2D eigenvalue weighted by Gasteiger charge is -2.11. The lowest BCUT2D eigenvalue weighted by atomic mass is 10.1. The molecule has 0 aliphatic carbocycles. The molecule has 0 heterocycles. The van der Waals surface area contributed by atoms with Crippen LogP contribution in [-0.2, 0) is 21.8 Å². The molecule has 304 valence electrons. The van der Waals surface area contributed by atoms with Gasteiger partial charge in [-0.3, -0.25) is 20.2 Å². The molecule has 0 radical (unpaired) electrons. The fraction of sp³-hybridized carbons (Fsp3) is 0.133. The quantitative estimate of drug-likeness (QED) is 0.0421. The van der Waals surface area contributed by atoms with Gasteiger partial charge in [-0.1, -0.05) is 0 Å². The predicted octanol–water partition coefficient (Wildman–Crippen LogP) is 7.29. The van der Waals surface area contributed by atoms with Crippen LogP contribution in [0.1, 0.15) is 31.8 Å². The third kappa shape index (κ3) is 11.7. The second kappa shape index (κ2) is 19.3. The van der Waals surface area contributed by atoms with Crippen LogP contribution in [0.5, 0.6) is 23.0 Å². The number of benzene rings is 4. The Morgan fingerprint density at radius 2 is 0.966 bits per heavy atom. The van der Waals surface area contributed by atoms with Gasteiger partial charge in [0.05, 0.1) is 35.2 Å². The summed E-state index contributed by atoms with van der Waals surface area (Å²) in [5, 5.41) is 56.2. The van der Waals surface area contributed by atoms with E-state index in [9.17, 15) is 69.3 Å². The van der Waals surface area contributed by atoms with Gasteiger partial charge in [0, 0.05) is 36.4 Å². The first-order valence-corrected chi connectivity index (χ1v) is 14.5. The molecular weight excluding hydrogens is 818 g/mol. The van der Waals surface area contributed by atoms with E-state index in [2.05, 4.69) is 19.4 Å². The van der Waals surface area contributed by atoms with Gasteiger partial charge in [-0.15, -0.1) is 0 Å². The zero-order valence-corrected chi connectivity index (χ0v) is 28.3. The number of diazo groups is 2. The van der Waals surface area contributed by atoms with Gasteiger partial charge in [-0.2, -0.15) is 26.3 Å². The molecule has 0 amide bonds. The van der Waals surface area contributed by atoms with Crippen molar-refractivity contribution in [3.8, 4) is 23.0 Å². The number of ether oxygens (including phenoxy) is 4. The topological polar surface area (TPSA) is 260 Å². The van der Waals surface area contributed by atoms with Crippen LogP contribution in [0, 0.1) is 42.6 Å². The number of hydrogen-bond acceptors (Lipinski definition) is 14. The Balaban J connectivity index is 0.000000366. The molecule has 0 aliphatic heterocycles. The average Bonchev–Trinajstić information content (AvgIpc) is 3.14. The Bertz CT molecular complexity index is 2160. The van der Waals surface area contributed by atoms with Crippen LogP contribution in [0.15, 0.2) is 60.7 Å². The van der Waals surface area contributed by atoms with E-state index in [4.69, 9.17) is 30.3 Å². The van der Waals surface area contributed by atoms with Gasteiger partial charge in [0.2, 0.25) is 10.8 Å². The van der Waals surface area contributed by atoms with Gasteiger partial charge in [0.25, 0.3) is 22.9 Å². The average molecular weight is 834 g/mol. The van der Waals surface area contributed by atoms with Crippen molar-refractivity contribution in [1.29, 1.82) is 10.8 Å². The number of methoxy groups -OCH3 is 2. The molecule has 58 heavy (non-hydrogen) atoms. The van der Waals surface area contributed by atoms with Crippen molar-refractivity contribution in [3.63, 3.8) is 0 Å². The third-order valence-electron chi connectivity index (χ3n) is 6.56. The lowest BCUT2D eigenvalue weighted by molar-refractivity contribution is -0.385. The minimum atomic E-state index is -5.05. The highest BCUT2D eigenvalue weighted by Crippen LogP contribution is 2.44. The lowest BCUT2D eigenvalue weighted by Crippen LogP contribution is -2.39. The molecule has 0 atom stereocenters. The second-order valence-electron chi connectivity index (χ2n) is 10.1. The molecule has 0 N–H and O–H groups in total. The van der Waals surface area contributed by atoms with Crippen molar-refractivity contribution < 1.29 is 87.9 Å². The van der Waals surface area contributed by atoms with E-state index in [1.807, 2.05) is 0 Å². The van der Waals surface area contributed by atoms with E-state index in [1.54, 1.807) is 0 Å². The van der Waals surface area contributed by atoms with Crippen LogP contribution in [0.3, 0.4) is 0 Å². The van der Waals surface area contributed by atoms with E-state index in [1.165, 1.54) is 0 Å². The van der Waals surface area contributed by atoms with E-state index < -0.39 is 121 Å². The highest BCUT2D eigenvalue weighted by Gasteiger charge is 2.40. The van der Waals surface area contributed by atoms with E-state index >= 15 is 0 Å². The molecule has 4 aromatic rings.